The van der Waals surface area contributed by atoms with E-state index in [9.17, 15) is 10.1 Å². The number of aryl methyl sites for hydroxylation is 1. The van der Waals surface area contributed by atoms with Gasteiger partial charge in [-0.3, -0.25) is 14.8 Å². The summed E-state index contributed by atoms with van der Waals surface area (Å²) >= 11 is 0. The lowest BCUT2D eigenvalue weighted by Crippen LogP contribution is -1.95. The van der Waals surface area contributed by atoms with Crippen LogP contribution in [0.4, 0.5) is 5.69 Å². The first-order valence-corrected chi connectivity index (χ1v) is 5.15. The first-order chi connectivity index (χ1) is 8.60. The predicted octanol–water partition coefficient (Wildman–Crippen LogP) is 1.61. The summed E-state index contributed by atoms with van der Waals surface area (Å²) in [5.74, 6) is 0.530. The van der Waals surface area contributed by atoms with Gasteiger partial charge in [0.15, 0.2) is 5.75 Å². The fraction of sp³-hybridized carbons (Fsp3) is 0.182. The van der Waals surface area contributed by atoms with Gasteiger partial charge in [-0.2, -0.15) is 5.10 Å². The minimum absolute atomic E-state index is 0.116. The second kappa shape index (κ2) is 4.84. The van der Waals surface area contributed by atoms with Crippen molar-refractivity contribution in [2.24, 2.45) is 7.05 Å². The van der Waals surface area contributed by atoms with Gasteiger partial charge in [0.25, 0.3) is 0 Å². The summed E-state index contributed by atoms with van der Waals surface area (Å²) in [6, 6.07) is 4.31. The molecule has 0 unspecified atom stereocenters. The molecule has 0 radical (unpaired) electrons. The Morgan fingerprint density at radius 3 is 2.89 bits per heavy atom. The molecule has 0 amide bonds. The third kappa shape index (κ3) is 2.46. The third-order valence-electron chi connectivity index (χ3n) is 2.31. The molecule has 1 aromatic heterocycles. The quantitative estimate of drug-likeness (QED) is 0.656. The smallest absolute Gasteiger partial charge is 0.311 e. The molecule has 0 aliphatic carbocycles. The molecule has 0 atom stereocenters. The van der Waals surface area contributed by atoms with Crippen molar-refractivity contribution in [3.05, 3.63) is 46.3 Å². The molecule has 1 aromatic carbocycles. The van der Waals surface area contributed by atoms with Crippen LogP contribution in [0.15, 0.2) is 30.6 Å². The first-order valence-electron chi connectivity index (χ1n) is 5.15. The van der Waals surface area contributed by atoms with E-state index >= 15 is 0 Å². The summed E-state index contributed by atoms with van der Waals surface area (Å²) in [5, 5.41) is 23.8. The van der Waals surface area contributed by atoms with Gasteiger partial charge < -0.3 is 9.84 Å². The lowest BCUT2D eigenvalue weighted by Gasteiger charge is -2.05. The number of benzene rings is 1. The largest absolute Gasteiger partial charge is 0.447 e. The van der Waals surface area contributed by atoms with Crippen molar-refractivity contribution in [3.8, 4) is 11.5 Å². The molecule has 2 rings (SSSR count). The number of aliphatic hydroxyl groups excluding tert-OH is 1. The van der Waals surface area contributed by atoms with E-state index in [4.69, 9.17) is 9.84 Å². The van der Waals surface area contributed by atoms with Gasteiger partial charge in [-0.25, -0.2) is 0 Å². The highest BCUT2D eigenvalue weighted by molar-refractivity contribution is 5.50. The second-order valence-corrected chi connectivity index (χ2v) is 3.67. The van der Waals surface area contributed by atoms with Crippen LogP contribution in [0.25, 0.3) is 0 Å². The van der Waals surface area contributed by atoms with Crippen molar-refractivity contribution in [2.45, 2.75) is 6.61 Å². The summed E-state index contributed by atoms with van der Waals surface area (Å²) in [6.45, 7) is -0.256. The Morgan fingerprint density at radius 1 is 1.56 bits per heavy atom. The maximum atomic E-state index is 10.9. The molecule has 0 bridgehead atoms. The molecule has 18 heavy (non-hydrogen) atoms. The lowest BCUT2D eigenvalue weighted by atomic mass is 10.2. The highest BCUT2D eigenvalue weighted by Gasteiger charge is 2.17. The van der Waals surface area contributed by atoms with Gasteiger partial charge in [-0.15, -0.1) is 0 Å². The molecule has 94 valence electrons. The topological polar surface area (TPSA) is 90.4 Å². The molecular formula is C11H11N3O4. The zero-order valence-electron chi connectivity index (χ0n) is 9.61. The van der Waals surface area contributed by atoms with Crippen LogP contribution in [0.2, 0.25) is 0 Å². The monoisotopic (exact) mass is 249 g/mol. The van der Waals surface area contributed by atoms with Crippen LogP contribution in [0, 0.1) is 10.1 Å². The van der Waals surface area contributed by atoms with E-state index in [2.05, 4.69) is 5.10 Å². The Bertz CT molecular complexity index is 579. The molecule has 0 spiro atoms. The number of rotatable bonds is 4. The first kappa shape index (κ1) is 12.1. The van der Waals surface area contributed by atoms with E-state index in [0.29, 0.717) is 11.3 Å². The molecule has 7 nitrogen and oxygen atoms in total. The zero-order chi connectivity index (χ0) is 13.1. The molecular weight excluding hydrogens is 238 g/mol. The number of hydrogen-bond donors (Lipinski definition) is 1. The summed E-state index contributed by atoms with van der Waals surface area (Å²) < 4.78 is 6.92. The number of aromatic nitrogens is 2. The number of nitro benzene ring substituents is 1. The molecule has 0 fully saturated rings. The van der Waals surface area contributed by atoms with Crippen molar-refractivity contribution in [1.29, 1.82) is 0 Å². The van der Waals surface area contributed by atoms with E-state index in [1.54, 1.807) is 19.3 Å². The number of nitrogens with zero attached hydrogens (tertiary/aromatic N) is 3. The highest BCUT2D eigenvalue weighted by atomic mass is 16.6. The van der Waals surface area contributed by atoms with Crippen molar-refractivity contribution in [2.75, 3.05) is 0 Å². The summed E-state index contributed by atoms with van der Waals surface area (Å²) in [4.78, 5) is 10.4. The molecule has 1 N–H and O–H groups in total. The zero-order valence-corrected chi connectivity index (χ0v) is 9.61. The van der Waals surface area contributed by atoms with E-state index < -0.39 is 4.92 Å². The number of ether oxygens (including phenoxy) is 1. The maximum Gasteiger partial charge on any atom is 0.311 e. The lowest BCUT2D eigenvalue weighted by molar-refractivity contribution is -0.385. The van der Waals surface area contributed by atoms with E-state index in [1.807, 2.05) is 0 Å². The van der Waals surface area contributed by atoms with Gasteiger partial charge in [-0.05, 0) is 11.6 Å². The summed E-state index contributed by atoms with van der Waals surface area (Å²) in [5.41, 5.74) is 0.269. The Hall–Kier alpha value is -2.41. The Kier molecular flexibility index (Phi) is 3.24. The van der Waals surface area contributed by atoms with Gasteiger partial charge in [0.2, 0.25) is 5.75 Å². The molecule has 1 heterocycles. The van der Waals surface area contributed by atoms with Crippen LogP contribution in [-0.4, -0.2) is 19.8 Å². The molecule has 0 aliphatic heterocycles. The van der Waals surface area contributed by atoms with Crippen molar-refractivity contribution < 1.29 is 14.8 Å². The van der Waals surface area contributed by atoms with Crippen LogP contribution < -0.4 is 4.74 Å². The summed E-state index contributed by atoms with van der Waals surface area (Å²) in [7, 11) is 1.72. The van der Waals surface area contributed by atoms with Crippen LogP contribution in [0.3, 0.4) is 0 Å². The van der Waals surface area contributed by atoms with Crippen LogP contribution in [0.5, 0.6) is 11.5 Å². The molecule has 7 heteroatoms. The average Bonchev–Trinajstić information content (AvgIpc) is 2.75. The standard InChI is InChI=1S/C11H11N3O4/c1-13-6-9(5-12-13)18-11-3-2-8(7-15)4-10(11)14(16)17/h2-6,15H,7H2,1H3. The van der Waals surface area contributed by atoms with Gasteiger partial charge in [0.1, 0.15) is 0 Å². The fourth-order valence-electron chi connectivity index (χ4n) is 1.47. The minimum atomic E-state index is -0.551. The second-order valence-electron chi connectivity index (χ2n) is 3.67. The Morgan fingerprint density at radius 2 is 2.33 bits per heavy atom. The van der Waals surface area contributed by atoms with Crippen molar-refractivity contribution >= 4 is 5.69 Å². The molecule has 0 saturated heterocycles. The van der Waals surface area contributed by atoms with Gasteiger partial charge in [-0.1, -0.05) is 6.07 Å². The third-order valence-corrected chi connectivity index (χ3v) is 2.31. The van der Waals surface area contributed by atoms with Crippen LogP contribution in [-0.2, 0) is 13.7 Å². The number of aliphatic hydroxyl groups is 1. The van der Waals surface area contributed by atoms with Crippen molar-refractivity contribution in [1.82, 2.24) is 9.78 Å². The minimum Gasteiger partial charge on any atom is -0.447 e. The molecule has 0 saturated carbocycles. The van der Waals surface area contributed by atoms with Gasteiger partial charge >= 0.3 is 5.69 Å². The normalized spacial score (nSPS) is 10.3. The molecule has 2 aromatic rings. The molecule has 0 aliphatic rings. The van der Waals surface area contributed by atoms with E-state index in [1.165, 1.54) is 23.0 Å². The maximum absolute atomic E-state index is 10.9. The van der Waals surface area contributed by atoms with Crippen LogP contribution >= 0.6 is 0 Å². The van der Waals surface area contributed by atoms with Gasteiger partial charge in [0.05, 0.1) is 23.9 Å². The Labute approximate surface area is 102 Å². The van der Waals surface area contributed by atoms with E-state index in [-0.39, 0.29) is 18.0 Å². The number of hydrogen-bond acceptors (Lipinski definition) is 5. The fourth-order valence-corrected chi connectivity index (χ4v) is 1.47. The SMILES string of the molecule is Cn1cc(Oc2ccc(CO)cc2[N+](=O)[O-])cn1. The summed E-state index contributed by atoms with van der Waals surface area (Å²) in [6.07, 6.45) is 3.06. The predicted molar refractivity (Wildman–Crippen MR) is 62.3 cm³/mol. The van der Waals surface area contributed by atoms with E-state index in [0.717, 1.165) is 0 Å². The highest BCUT2D eigenvalue weighted by Crippen LogP contribution is 2.31. The Balaban J connectivity index is 2.34. The number of nitro groups is 1. The van der Waals surface area contributed by atoms with Gasteiger partial charge in [0, 0.05) is 13.1 Å². The average molecular weight is 249 g/mol. The van der Waals surface area contributed by atoms with Crippen molar-refractivity contribution in [3.63, 3.8) is 0 Å². The van der Waals surface area contributed by atoms with Crippen LogP contribution in [0.1, 0.15) is 5.56 Å².